The molecule has 0 saturated carbocycles. The molecule has 21 heteroatoms. The molecule has 0 aromatic heterocycles. The Hall–Kier alpha value is -6.48. The molecule has 8 aromatic rings. The van der Waals surface area contributed by atoms with E-state index in [2.05, 4.69) is 159 Å². The lowest BCUT2D eigenvalue weighted by Gasteiger charge is -2.23. The van der Waals surface area contributed by atoms with Gasteiger partial charge in [-0.15, -0.1) is 0 Å². The molecule has 0 radical (unpaired) electrons. The van der Waals surface area contributed by atoms with Crippen LogP contribution in [0.25, 0.3) is 0 Å². The molecule has 0 N–H and O–H groups in total. The predicted octanol–water partition coefficient (Wildman–Crippen LogP) is 27.8. The lowest BCUT2D eigenvalue weighted by Crippen LogP contribution is -2.13. The first-order valence-corrected chi connectivity index (χ1v) is 46.2. The van der Waals surface area contributed by atoms with Gasteiger partial charge < -0.3 is 59.9 Å². The van der Waals surface area contributed by atoms with Gasteiger partial charge in [-0.1, -0.05) is 256 Å². The zero-order valence-electron chi connectivity index (χ0n) is 71.4. The summed E-state index contributed by atoms with van der Waals surface area (Å²) in [6, 6.07) is 65.0. The molecule has 0 spiro atoms. The molecule has 0 aliphatic rings. The first kappa shape index (κ1) is 95.7. The van der Waals surface area contributed by atoms with Gasteiger partial charge in [0.05, 0.1) is 92.5 Å². The maximum atomic E-state index is 6.46. The first-order valence-electron chi connectivity index (χ1n) is 41.8. The third kappa shape index (κ3) is 33.0. The molecule has 630 valence electrons. The topological polar surface area (TPSA) is 157 Å². The fraction of sp³-hybridized carbons (Fsp3) is 0.489. The number of rotatable bonds is 57. The molecule has 8 rings (SSSR count). The van der Waals surface area contributed by atoms with Crippen molar-refractivity contribution in [3.63, 3.8) is 0 Å². The molecule has 17 nitrogen and oxygen atoms in total. The van der Waals surface area contributed by atoms with Crippen molar-refractivity contribution in [1.29, 1.82) is 0 Å². The van der Waals surface area contributed by atoms with Gasteiger partial charge in [-0.05, 0) is 192 Å². The van der Waals surface area contributed by atoms with Crippen molar-refractivity contribution in [2.45, 2.75) is 209 Å². The van der Waals surface area contributed by atoms with Crippen LogP contribution in [-0.2, 0) is 41.8 Å². The number of hydrogen-bond acceptors (Lipinski definition) is 17. The average molecular weight is 1660 g/mol. The van der Waals surface area contributed by atoms with E-state index in [4.69, 9.17) is 78.0 Å². The Kier molecular flexibility index (Phi) is 46.0. The minimum absolute atomic E-state index is 0.307. The normalized spacial score (nSPS) is 14.6. The van der Waals surface area contributed by atoms with Crippen LogP contribution >= 0.6 is 34.4 Å². The Labute approximate surface area is 695 Å². The first-order chi connectivity index (χ1) is 56.1. The van der Waals surface area contributed by atoms with E-state index in [9.17, 15) is 0 Å². The van der Waals surface area contributed by atoms with Crippen LogP contribution in [0.2, 0.25) is 0 Å². The van der Waals surface area contributed by atoms with Crippen LogP contribution in [-0.4, -0.2) is 92.5 Å². The molecule has 115 heavy (non-hydrogen) atoms. The highest BCUT2D eigenvalue weighted by molar-refractivity contribution is 7.43. The van der Waals surface area contributed by atoms with Gasteiger partial charge >= 0.3 is 34.4 Å². The summed E-state index contributed by atoms with van der Waals surface area (Å²) in [4.78, 5) is 0. The summed E-state index contributed by atoms with van der Waals surface area (Å²) in [5.41, 5.74) is 9.11. The Balaban J connectivity index is 0.000000319. The van der Waals surface area contributed by atoms with E-state index in [1.807, 2.05) is 146 Å². The lowest BCUT2D eigenvalue weighted by molar-refractivity contribution is 0.00428. The zero-order valence-corrected chi connectivity index (χ0v) is 75.0. The molecule has 0 saturated heterocycles. The summed E-state index contributed by atoms with van der Waals surface area (Å²) in [6.45, 7) is 40.3. The van der Waals surface area contributed by atoms with Gasteiger partial charge in [-0.25, -0.2) is 0 Å². The fourth-order valence-electron chi connectivity index (χ4n) is 12.0. The molecule has 0 aliphatic carbocycles. The van der Waals surface area contributed by atoms with Crippen molar-refractivity contribution in [2.24, 2.45) is 0 Å². The summed E-state index contributed by atoms with van der Waals surface area (Å²) in [6.07, 6.45) is 8.02. The van der Waals surface area contributed by atoms with Crippen LogP contribution in [0.5, 0.6) is 46.0 Å². The van der Waals surface area contributed by atoms with Crippen molar-refractivity contribution in [2.75, 3.05) is 92.5 Å². The monoisotopic (exact) mass is 1660 g/mol. The Morgan fingerprint density at radius 3 is 0.409 bits per heavy atom. The summed E-state index contributed by atoms with van der Waals surface area (Å²) in [5.74, 6) is 9.00. The molecule has 8 atom stereocenters. The highest BCUT2D eigenvalue weighted by atomic mass is 31.2. The van der Waals surface area contributed by atoms with Gasteiger partial charge in [-0.2, -0.15) is 0 Å². The molecule has 0 aliphatic heterocycles. The average Bonchev–Trinajstić information content (AvgIpc) is 0.846. The molecular weight excluding hydrogens is 1520 g/mol. The Bertz CT molecular complexity index is 3460. The van der Waals surface area contributed by atoms with Gasteiger partial charge in [0.1, 0.15) is 46.0 Å². The van der Waals surface area contributed by atoms with Crippen LogP contribution in [0.4, 0.5) is 0 Å². The second kappa shape index (κ2) is 55.3. The van der Waals surface area contributed by atoms with Gasteiger partial charge in [0.15, 0.2) is 0 Å². The smallest absolute Gasteiger partial charge is 0.417 e. The van der Waals surface area contributed by atoms with Crippen molar-refractivity contribution >= 4 is 34.4 Å². The summed E-state index contributed by atoms with van der Waals surface area (Å²) in [5, 5.41) is 0. The van der Waals surface area contributed by atoms with E-state index in [-0.39, 0.29) is 0 Å². The van der Waals surface area contributed by atoms with E-state index in [0.29, 0.717) is 140 Å². The van der Waals surface area contributed by atoms with Crippen LogP contribution < -0.4 is 36.2 Å². The Morgan fingerprint density at radius 2 is 0.287 bits per heavy atom. The number of ether oxygens (including phenoxy) is 5. The van der Waals surface area contributed by atoms with Crippen molar-refractivity contribution in [1.82, 2.24) is 0 Å². The fourth-order valence-corrected chi connectivity index (χ4v) is 16.1. The molecule has 8 unspecified atom stereocenters. The quantitative estimate of drug-likeness (QED) is 0.0262. The molecule has 0 fully saturated rings. The lowest BCUT2D eigenvalue weighted by atomic mass is 9.98. The third-order valence-corrected chi connectivity index (χ3v) is 25.0. The summed E-state index contributed by atoms with van der Waals surface area (Å²) in [7, 11) is -6.96. The predicted molar refractivity (Wildman–Crippen MR) is 472 cm³/mol. The highest BCUT2D eigenvalue weighted by Crippen LogP contribution is 2.51. The van der Waals surface area contributed by atoms with Gasteiger partial charge in [0.25, 0.3) is 0 Å². The maximum Gasteiger partial charge on any atom is 0.463 e. The van der Waals surface area contributed by atoms with Gasteiger partial charge in [0.2, 0.25) is 0 Å². The zero-order chi connectivity index (χ0) is 82.4. The number of para-hydroxylation sites is 8. The van der Waals surface area contributed by atoms with E-state index >= 15 is 0 Å². The van der Waals surface area contributed by atoms with Crippen LogP contribution in [0.1, 0.15) is 254 Å². The molecule has 0 bridgehead atoms. The third-order valence-electron chi connectivity index (χ3n) is 20.7. The van der Waals surface area contributed by atoms with Gasteiger partial charge in [0, 0.05) is 0 Å². The Morgan fingerprint density at radius 1 is 0.174 bits per heavy atom. The van der Waals surface area contributed by atoms with Crippen molar-refractivity contribution in [3.05, 3.63) is 239 Å². The molecule has 0 amide bonds. The maximum absolute atomic E-state index is 6.46. The van der Waals surface area contributed by atoms with E-state index in [1.165, 1.54) is 0 Å². The van der Waals surface area contributed by atoms with Crippen molar-refractivity contribution < 1.29 is 78.0 Å². The summed E-state index contributed by atoms with van der Waals surface area (Å²) >= 11 is 0. The second-order valence-corrected chi connectivity index (χ2v) is 33.1. The van der Waals surface area contributed by atoms with E-state index in [1.54, 1.807) is 0 Å². The standard InChI is InChI=1S/C48H68O9P2.C46H64O8P2/c1-9-37(5)41-21-13-17-25-45(41)54-58(55-46-26-18-14-22-42(46)38(6)10-2)52-35-33-50-31-29-49-30-32-51-34-36-53-59(56-47-27-19-15-23-43(47)39(7)11-3)57-48-28-20-16-24-44(48)40(8)12-4;1-9-35(5)39-21-13-17-25-43(39)51-55(52-44-26-18-14-22-40(44)36(6)10-2)49-33-31-47-29-30-48-32-34-50-56(53-45-27-19-15-23-41(45)37(7)11-3)54-46-28-20-16-24-42(46)38(8)12-4/h13-28,37-40H,9-12,29-36H2,1-8H3;13-28,35-38H,9-12,29-34H2,1-8H3. The molecule has 8 aromatic carbocycles. The van der Waals surface area contributed by atoms with E-state index < -0.39 is 34.4 Å². The largest absolute Gasteiger partial charge is 0.463 e. The molecule has 0 heterocycles. The van der Waals surface area contributed by atoms with E-state index in [0.717, 1.165) is 142 Å². The van der Waals surface area contributed by atoms with Crippen LogP contribution in [0.3, 0.4) is 0 Å². The minimum atomic E-state index is -1.75. The minimum Gasteiger partial charge on any atom is -0.417 e. The SMILES string of the molecule is CCC(C)c1ccccc1OP(OCCOCCOCCOCCOP(Oc1ccccc1C(C)CC)Oc1ccccc1C(C)CC)Oc1ccccc1C(C)CC.CCC(C)c1ccccc1OP(OCCOCCOCCOP(Oc1ccccc1C(C)CC)Oc1ccccc1C(C)CC)Oc1ccccc1C(C)CC. The van der Waals surface area contributed by atoms with Crippen LogP contribution in [0.15, 0.2) is 194 Å². The van der Waals surface area contributed by atoms with Crippen molar-refractivity contribution in [3.8, 4) is 46.0 Å². The highest BCUT2D eigenvalue weighted by Gasteiger charge is 2.29. The number of hydrogen-bond donors (Lipinski definition) is 0. The van der Waals surface area contributed by atoms with Gasteiger partial charge in [-0.3, -0.25) is 18.1 Å². The van der Waals surface area contributed by atoms with Crippen LogP contribution in [0, 0.1) is 0 Å². The second-order valence-electron chi connectivity index (χ2n) is 28.8. The summed E-state index contributed by atoms with van der Waals surface area (Å²) < 4.78 is 106. The molecular formula is C94H132O17P4. The number of benzene rings is 8.